The molecule has 5 aromatic rings. The topological polar surface area (TPSA) is 61.5 Å². The van der Waals surface area contributed by atoms with Crippen molar-refractivity contribution < 1.29 is 9.47 Å². The van der Waals surface area contributed by atoms with Gasteiger partial charge >= 0.3 is 0 Å². The summed E-state index contributed by atoms with van der Waals surface area (Å²) in [6.07, 6.45) is -0.369. The number of rotatable bonds is 4. The first kappa shape index (κ1) is 18.1. The molecular weight excluding hydrogens is 408 g/mol. The summed E-state index contributed by atoms with van der Waals surface area (Å²) >= 11 is 1.55. The summed E-state index contributed by atoms with van der Waals surface area (Å²) in [5.41, 5.74) is 2.37. The molecule has 6 nitrogen and oxygen atoms in total. The Labute approximate surface area is 182 Å². The van der Waals surface area contributed by atoms with E-state index in [0.717, 1.165) is 15.7 Å². The summed E-state index contributed by atoms with van der Waals surface area (Å²) < 4.78 is 13.8. The van der Waals surface area contributed by atoms with Crippen molar-refractivity contribution in [2.24, 2.45) is 0 Å². The first-order chi connectivity index (χ1) is 15.4. The molecule has 0 bridgehead atoms. The summed E-state index contributed by atoms with van der Waals surface area (Å²) in [5.74, 6) is 2.11. The molecule has 0 saturated carbocycles. The largest absolute Gasteiger partial charge is 0.485 e. The molecule has 1 atom stereocenters. The van der Waals surface area contributed by atoms with E-state index in [1.807, 2.05) is 36.4 Å². The van der Waals surface area contributed by atoms with Gasteiger partial charge in [-0.1, -0.05) is 84.1 Å². The monoisotopic (exact) mass is 426 g/mol. The van der Waals surface area contributed by atoms with E-state index in [0.29, 0.717) is 18.2 Å². The van der Waals surface area contributed by atoms with Crippen LogP contribution in [0.25, 0.3) is 4.96 Å². The molecule has 0 aliphatic carbocycles. The highest BCUT2D eigenvalue weighted by molar-refractivity contribution is 7.16. The fraction of sp³-hybridized carbons (Fsp3) is 0.125. The van der Waals surface area contributed by atoms with Gasteiger partial charge in [-0.15, -0.1) is 10.2 Å². The van der Waals surface area contributed by atoms with Gasteiger partial charge in [-0.25, -0.2) is 0 Å². The standard InChI is InChI=1S/C24H18N4O2S/c1-3-9-16(10-4-1)21(17-11-5-2-6-12-17)23-27-28-22(25-26-24(28)31-23)20-15-29-18-13-7-8-14-19(18)30-20/h1-14,20-21H,15H2/t20-/m0/s1. The maximum atomic E-state index is 6.14. The molecule has 6 rings (SSSR count). The lowest BCUT2D eigenvalue weighted by Gasteiger charge is -2.24. The Balaban J connectivity index is 1.41. The van der Waals surface area contributed by atoms with Gasteiger partial charge < -0.3 is 9.47 Å². The number of hydrogen-bond donors (Lipinski definition) is 0. The van der Waals surface area contributed by atoms with E-state index >= 15 is 0 Å². The molecule has 0 radical (unpaired) electrons. The van der Waals surface area contributed by atoms with E-state index in [2.05, 4.69) is 58.7 Å². The van der Waals surface area contributed by atoms with Crippen molar-refractivity contribution in [2.75, 3.05) is 6.61 Å². The molecule has 0 fully saturated rings. The Morgan fingerprint density at radius 1 is 0.806 bits per heavy atom. The number of aromatic nitrogens is 4. The molecule has 0 spiro atoms. The van der Waals surface area contributed by atoms with Crippen LogP contribution in [0.15, 0.2) is 84.9 Å². The molecule has 152 valence electrons. The smallest absolute Gasteiger partial charge is 0.234 e. The molecular formula is C24H18N4O2S. The van der Waals surface area contributed by atoms with Crippen LogP contribution in [0.1, 0.15) is 34.0 Å². The quantitative estimate of drug-likeness (QED) is 0.410. The Bertz CT molecular complexity index is 1290. The van der Waals surface area contributed by atoms with Gasteiger partial charge in [-0.05, 0) is 23.3 Å². The minimum atomic E-state index is -0.369. The van der Waals surface area contributed by atoms with Crippen molar-refractivity contribution in [3.8, 4) is 11.5 Å². The summed E-state index contributed by atoms with van der Waals surface area (Å²) in [6, 6.07) is 28.5. The minimum absolute atomic E-state index is 0.0196. The van der Waals surface area contributed by atoms with Gasteiger partial charge in [0.25, 0.3) is 0 Å². The van der Waals surface area contributed by atoms with Crippen LogP contribution in [0.4, 0.5) is 0 Å². The van der Waals surface area contributed by atoms with Crippen molar-refractivity contribution >= 4 is 16.3 Å². The van der Waals surface area contributed by atoms with Gasteiger partial charge in [0.1, 0.15) is 11.6 Å². The van der Waals surface area contributed by atoms with E-state index in [1.54, 1.807) is 15.9 Å². The molecule has 1 aliphatic heterocycles. The zero-order chi connectivity index (χ0) is 20.6. The normalized spacial score (nSPS) is 15.5. The van der Waals surface area contributed by atoms with E-state index < -0.39 is 0 Å². The van der Waals surface area contributed by atoms with Crippen molar-refractivity contribution in [3.63, 3.8) is 0 Å². The average molecular weight is 427 g/mol. The molecule has 3 aromatic carbocycles. The Kier molecular flexibility index (Phi) is 4.39. The lowest BCUT2D eigenvalue weighted by atomic mass is 9.92. The Morgan fingerprint density at radius 2 is 1.45 bits per heavy atom. The third-order valence-electron chi connectivity index (χ3n) is 5.34. The number of benzene rings is 3. The molecule has 7 heteroatoms. The second-order valence-corrected chi connectivity index (χ2v) is 8.30. The fourth-order valence-corrected chi connectivity index (χ4v) is 4.88. The second kappa shape index (κ2) is 7.52. The maximum Gasteiger partial charge on any atom is 0.234 e. The third-order valence-corrected chi connectivity index (χ3v) is 6.30. The predicted octanol–water partition coefficient (Wildman–Crippen LogP) is 4.88. The first-order valence-corrected chi connectivity index (χ1v) is 10.9. The lowest BCUT2D eigenvalue weighted by molar-refractivity contribution is 0.0836. The van der Waals surface area contributed by atoms with E-state index in [1.165, 1.54) is 11.1 Å². The minimum Gasteiger partial charge on any atom is -0.485 e. The molecule has 0 saturated heterocycles. The van der Waals surface area contributed by atoms with Gasteiger partial charge in [0.15, 0.2) is 23.4 Å². The maximum absolute atomic E-state index is 6.14. The SMILES string of the molecule is c1ccc(C(c2ccccc2)c2nn3c([C@@H]4COc5ccccc5O4)nnc3s2)cc1. The molecule has 0 unspecified atom stereocenters. The number of para-hydroxylation sites is 2. The van der Waals surface area contributed by atoms with Gasteiger partial charge in [0.05, 0.1) is 5.92 Å². The summed E-state index contributed by atoms with van der Waals surface area (Å²) in [6.45, 7) is 0.367. The van der Waals surface area contributed by atoms with Crippen molar-refractivity contribution in [1.82, 2.24) is 19.8 Å². The second-order valence-electron chi connectivity index (χ2n) is 7.31. The van der Waals surface area contributed by atoms with Crippen LogP contribution in [-0.2, 0) is 0 Å². The Morgan fingerprint density at radius 3 is 2.16 bits per heavy atom. The van der Waals surface area contributed by atoms with Crippen molar-refractivity contribution in [1.29, 1.82) is 0 Å². The highest BCUT2D eigenvalue weighted by Gasteiger charge is 2.29. The van der Waals surface area contributed by atoms with Crippen LogP contribution >= 0.6 is 11.3 Å². The number of ether oxygens (including phenoxy) is 2. The fourth-order valence-electron chi connectivity index (χ4n) is 3.88. The van der Waals surface area contributed by atoms with E-state index in [9.17, 15) is 0 Å². The number of nitrogens with zero attached hydrogens (tertiary/aromatic N) is 4. The van der Waals surface area contributed by atoms with Crippen molar-refractivity contribution in [2.45, 2.75) is 12.0 Å². The van der Waals surface area contributed by atoms with Gasteiger partial charge in [-0.3, -0.25) is 0 Å². The molecule has 0 N–H and O–H groups in total. The van der Waals surface area contributed by atoms with Crippen LogP contribution in [0, 0.1) is 0 Å². The zero-order valence-corrected chi connectivity index (χ0v) is 17.3. The van der Waals surface area contributed by atoms with Gasteiger partial charge in [0.2, 0.25) is 4.96 Å². The molecule has 2 aromatic heterocycles. The summed E-state index contributed by atoms with van der Waals surface area (Å²) in [5, 5.41) is 14.6. The zero-order valence-electron chi connectivity index (χ0n) is 16.5. The van der Waals surface area contributed by atoms with Crippen LogP contribution in [0.2, 0.25) is 0 Å². The van der Waals surface area contributed by atoms with Crippen LogP contribution < -0.4 is 9.47 Å². The number of hydrogen-bond acceptors (Lipinski definition) is 6. The summed E-state index contributed by atoms with van der Waals surface area (Å²) in [7, 11) is 0. The van der Waals surface area contributed by atoms with Crippen LogP contribution in [0.5, 0.6) is 11.5 Å². The molecule has 3 heterocycles. The van der Waals surface area contributed by atoms with Crippen molar-refractivity contribution in [3.05, 3.63) is 107 Å². The lowest BCUT2D eigenvalue weighted by Crippen LogP contribution is -2.24. The third kappa shape index (κ3) is 3.23. The van der Waals surface area contributed by atoms with Gasteiger partial charge in [0, 0.05) is 0 Å². The first-order valence-electron chi connectivity index (χ1n) is 10.1. The van der Waals surface area contributed by atoms with Gasteiger partial charge in [-0.2, -0.15) is 9.61 Å². The van der Waals surface area contributed by atoms with Crippen LogP contribution in [0.3, 0.4) is 0 Å². The summed E-state index contributed by atoms with van der Waals surface area (Å²) in [4.78, 5) is 0.740. The highest BCUT2D eigenvalue weighted by Crippen LogP contribution is 2.37. The average Bonchev–Trinajstić information content (AvgIpc) is 3.41. The number of fused-ring (bicyclic) bond motifs is 2. The predicted molar refractivity (Wildman–Crippen MR) is 118 cm³/mol. The van der Waals surface area contributed by atoms with E-state index in [4.69, 9.17) is 14.6 Å². The van der Waals surface area contributed by atoms with Crippen LogP contribution in [-0.4, -0.2) is 26.4 Å². The van der Waals surface area contributed by atoms with E-state index in [-0.39, 0.29) is 12.0 Å². The molecule has 0 amide bonds. The Hall–Kier alpha value is -3.71. The highest BCUT2D eigenvalue weighted by atomic mass is 32.1. The molecule has 31 heavy (non-hydrogen) atoms. The molecule has 1 aliphatic rings.